The number of carbonyl (C=O) groups excluding carboxylic acids is 1. The highest BCUT2D eigenvalue weighted by Gasteiger charge is 2.57. The Labute approximate surface area is 210 Å². The summed E-state index contributed by atoms with van der Waals surface area (Å²) in [6.45, 7) is 8.86. The first-order valence-corrected chi connectivity index (χ1v) is 13.5. The lowest BCUT2D eigenvalue weighted by molar-refractivity contribution is -0.137. The smallest absolute Gasteiger partial charge is 0.332 e. The highest BCUT2D eigenvalue weighted by Crippen LogP contribution is 2.65. The maximum atomic E-state index is 13.7. The summed E-state index contributed by atoms with van der Waals surface area (Å²) in [5.41, 5.74) is 2.43. The van der Waals surface area contributed by atoms with Crippen LogP contribution in [0.5, 0.6) is 0 Å². The maximum Gasteiger partial charge on any atom is 0.332 e. The standard InChI is InChI=1S/C31H41NO3/c1-29(2,18-20-9-6-5-7-10-20)32-27(33)24-19-31(4)21(17-23(24)28(34)35)12-13-22-25-11-8-15-30(25,3)16-14-26(22)31/h5-7,9-10,12,17,22,24-26H,8,11,13-16,18-19H2,1-4H3,(H,32,33)(H,34,35)/t22-,24?,25-,26-,30-,31-/m0/s1. The summed E-state index contributed by atoms with van der Waals surface area (Å²) >= 11 is 0. The Hall–Kier alpha value is -2.36. The van der Waals surface area contributed by atoms with Crippen LogP contribution in [0.4, 0.5) is 0 Å². The lowest BCUT2D eigenvalue weighted by atomic mass is 9.48. The average Bonchev–Trinajstić information content (AvgIpc) is 3.19. The second kappa shape index (κ2) is 8.64. The summed E-state index contributed by atoms with van der Waals surface area (Å²) in [7, 11) is 0. The van der Waals surface area contributed by atoms with Crippen LogP contribution in [-0.4, -0.2) is 22.5 Å². The van der Waals surface area contributed by atoms with Crippen molar-refractivity contribution in [2.45, 2.75) is 84.6 Å². The van der Waals surface area contributed by atoms with E-state index in [1.807, 2.05) is 38.1 Å². The largest absolute Gasteiger partial charge is 0.478 e. The number of carboxylic acids is 1. The quantitative estimate of drug-likeness (QED) is 0.523. The molecule has 6 atom stereocenters. The van der Waals surface area contributed by atoms with Crippen LogP contribution < -0.4 is 5.32 Å². The molecule has 0 heterocycles. The van der Waals surface area contributed by atoms with Gasteiger partial charge < -0.3 is 10.4 Å². The number of fused-ring (bicyclic) bond motifs is 5. The Morgan fingerprint density at radius 2 is 1.83 bits per heavy atom. The number of rotatable bonds is 5. The van der Waals surface area contributed by atoms with Gasteiger partial charge in [-0.25, -0.2) is 4.79 Å². The summed E-state index contributed by atoms with van der Waals surface area (Å²) in [6.07, 6.45) is 13.0. The van der Waals surface area contributed by atoms with Gasteiger partial charge in [-0.2, -0.15) is 0 Å². The van der Waals surface area contributed by atoms with Gasteiger partial charge in [-0.05, 0) is 105 Å². The average molecular weight is 476 g/mol. The maximum absolute atomic E-state index is 13.7. The number of benzene rings is 1. The van der Waals surface area contributed by atoms with Gasteiger partial charge in [0.25, 0.3) is 0 Å². The van der Waals surface area contributed by atoms with Crippen molar-refractivity contribution in [2.75, 3.05) is 0 Å². The SMILES string of the molecule is CC(C)(Cc1ccccc1)NC(=O)C1C[C@@]2(C)C(=CC[C@H]3[C@@H]4CCC[C@@]4(C)CC[C@@H]32)C=C1C(=O)O. The predicted octanol–water partition coefficient (Wildman–Crippen LogP) is 6.32. The Morgan fingerprint density at radius 3 is 2.54 bits per heavy atom. The molecule has 0 aromatic heterocycles. The number of aliphatic carboxylic acids is 1. The van der Waals surface area contributed by atoms with Crippen molar-refractivity contribution < 1.29 is 14.7 Å². The molecule has 1 amide bonds. The summed E-state index contributed by atoms with van der Waals surface area (Å²) < 4.78 is 0. The Morgan fingerprint density at radius 1 is 1.09 bits per heavy atom. The fourth-order valence-corrected chi connectivity index (χ4v) is 8.42. The molecular weight excluding hydrogens is 434 g/mol. The zero-order valence-electron chi connectivity index (χ0n) is 21.8. The molecule has 0 bridgehead atoms. The zero-order chi connectivity index (χ0) is 25.0. The van der Waals surface area contributed by atoms with Gasteiger partial charge in [0.2, 0.25) is 5.91 Å². The molecule has 4 aliphatic carbocycles. The molecule has 188 valence electrons. The minimum atomic E-state index is -0.969. The van der Waals surface area contributed by atoms with Crippen molar-refractivity contribution in [2.24, 2.45) is 34.5 Å². The molecule has 4 aliphatic rings. The normalized spacial score (nSPS) is 36.2. The van der Waals surface area contributed by atoms with Crippen molar-refractivity contribution in [1.82, 2.24) is 5.32 Å². The molecule has 0 radical (unpaired) electrons. The lowest BCUT2D eigenvalue weighted by Crippen LogP contribution is -2.53. The molecule has 1 aromatic carbocycles. The molecule has 4 heteroatoms. The first-order valence-electron chi connectivity index (χ1n) is 13.5. The highest BCUT2D eigenvalue weighted by atomic mass is 16.4. The van der Waals surface area contributed by atoms with Gasteiger partial charge in [-0.15, -0.1) is 0 Å². The van der Waals surface area contributed by atoms with E-state index in [0.717, 1.165) is 23.5 Å². The van der Waals surface area contributed by atoms with Gasteiger partial charge in [0.1, 0.15) is 0 Å². The fraction of sp³-hybridized carbons (Fsp3) is 0.613. The summed E-state index contributed by atoms with van der Waals surface area (Å²) in [5.74, 6) is 0.200. The number of amides is 1. The van der Waals surface area contributed by atoms with E-state index >= 15 is 0 Å². The van der Waals surface area contributed by atoms with Crippen LogP contribution in [0, 0.1) is 34.5 Å². The number of allylic oxidation sites excluding steroid dienone is 3. The summed E-state index contributed by atoms with van der Waals surface area (Å²) in [4.78, 5) is 26.0. The van der Waals surface area contributed by atoms with Gasteiger partial charge in [0, 0.05) is 11.1 Å². The van der Waals surface area contributed by atoms with Crippen molar-refractivity contribution in [1.29, 1.82) is 0 Å². The number of hydrogen-bond donors (Lipinski definition) is 2. The first kappa shape index (κ1) is 24.3. The Kier molecular flexibility index (Phi) is 6.01. The third-order valence-corrected chi connectivity index (χ3v) is 10.1. The molecular formula is C31H41NO3. The summed E-state index contributed by atoms with van der Waals surface area (Å²) in [5, 5.41) is 13.3. The number of carbonyl (C=O) groups is 2. The molecule has 35 heavy (non-hydrogen) atoms. The van der Waals surface area contributed by atoms with Crippen LogP contribution in [0.1, 0.15) is 78.2 Å². The Bertz CT molecular complexity index is 1070. The molecule has 5 rings (SSSR count). The van der Waals surface area contributed by atoms with E-state index in [0.29, 0.717) is 30.1 Å². The minimum absolute atomic E-state index is 0.142. The fourth-order valence-electron chi connectivity index (χ4n) is 8.42. The molecule has 0 saturated heterocycles. The van der Waals surface area contributed by atoms with E-state index in [1.54, 1.807) is 0 Å². The minimum Gasteiger partial charge on any atom is -0.478 e. The van der Waals surface area contributed by atoms with Crippen molar-refractivity contribution in [3.63, 3.8) is 0 Å². The van der Waals surface area contributed by atoms with Crippen LogP contribution in [0.15, 0.2) is 53.6 Å². The number of carboxylic acid groups (broad SMARTS) is 1. The monoisotopic (exact) mass is 475 g/mol. The zero-order valence-corrected chi connectivity index (χ0v) is 21.8. The molecule has 4 nitrogen and oxygen atoms in total. The van der Waals surface area contributed by atoms with Gasteiger partial charge >= 0.3 is 5.97 Å². The number of hydrogen-bond acceptors (Lipinski definition) is 2. The molecule has 1 unspecified atom stereocenters. The van der Waals surface area contributed by atoms with Crippen LogP contribution in [0.2, 0.25) is 0 Å². The second-order valence-electron chi connectivity index (χ2n) is 13.0. The van der Waals surface area contributed by atoms with Crippen molar-refractivity contribution >= 4 is 11.9 Å². The molecule has 1 aromatic rings. The molecule has 0 aliphatic heterocycles. The van der Waals surface area contributed by atoms with E-state index in [9.17, 15) is 14.7 Å². The number of nitrogens with one attached hydrogen (secondary N) is 1. The lowest BCUT2D eigenvalue weighted by Gasteiger charge is -2.57. The second-order valence-corrected chi connectivity index (χ2v) is 13.0. The first-order chi connectivity index (χ1) is 16.5. The highest BCUT2D eigenvalue weighted by molar-refractivity contribution is 5.97. The third kappa shape index (κ3) is 4.27. The van der Waals surface area contributed by atoms with Crippen LogP contribution in [-0.2, 0) is 16.0 Å². The molecule has 2 fully saturated rings. The van der Waals surface area contributed by atoms with Crippen LogP contribution >= 0.6 is 0 Å². The summed E-state index contributed by atoms with van der Waals surface area (Å²) in [6, 6.07) is 10.1. The third-order valence-electron chi connectivity index (χ3n) is 10.1. The van der Waals surface area contributed by atoms with Gasteiger partial charge in [-0.1, -0.05) is 56.7 Å². The van der Waals surface area contributed by atoms with Crippen LogP contribution in [0.3, 0.4) is 0 Å². The molecule has 0 spiro atoms. The predicted molar refractivity (Wildman–Crippen MR) is 139 cm³/mol. The topological polar surface area (TPSA) is 66.4 Å². The van der Waals surface area contributed by atoms with Crippen molar-refractivity contribution in [3.8, 4) is 0 Å². The van der Waals surface area contributed by atoms with Crippen molar-refractivity contribution in [3.05, 3.63) is 59.2 Å². The van der Waals surface area contributed by atoms with E-state index in [-0.39, 0.29) is 16.9 Å². The van der Waals surface area contributed by atoms with Gasteiger partial charge in [0.15, 0.2) is 0 Å². The van der Waals surface area contributed by atoms with E-state index in [4.69, 9.17) is 0 Å². The van der Waals surface area contributed by atoms with Gasteiger partial charge in [-0.3, -0.25) is 4.79 Å². The molecule has 2 saturated carbocycles. The van der Waals surface area contributed by atoms with Crippen LogP contribution in [0.25, 0.3) is 0 Å². The van der Waals surface area contributed by atoms with E-state index in [1.165, 1.54) is 32.1 Å². The molecule has 2 N–H and O–H groups in total. The van der Waals surface area contributed by atoms with Gasteiger partial charge in [0.05, 0.1) is 5.92 Å². The van der Waals surface area contributed by atoms with E-state index in [2.05, 4.69) is 37.4 Å². The van der Waals surface area contributed by atoms with E-state index < -0.39 is 17.4 Å². The Balaban J connectivity index is 1.42.